The van der Waals surface area contributed by atoms with E-state index in [1.165, 1.54) is 17.8 Å². The number of nitrogens with zero attached hydrogens (tertiary/aromatic N) is 2. The van der Waals surface area contributed by atoms with Crippen LogP contribution >= 0.6 is 0 Å². The van der Waals surface area contributed by atoms with Crippen LogP contribution in [0.3, 0.4) is 0 Å². The Morgan fingerprint density at radius 3 is 2.73 bits per heavy atom. The summed E-state index contributed by atoms with van der Waals surface area (Å²) in [4.78, 5) is 3.83. The number of aromatic nitrogens is 2. The molecule has 86 valence electrons. The Kier molecular flexibility index (Phi) is 3.73. The Morgan fingerprint density at radius 1 is 1.53 bits per heavy atom. The summed E-state index contributed by atoms with van der Waals surface area (Å²) >= 11 is 0. The van der Waals surface area contributed by atoms with Gasteiger partial charge in [0.25, 0.3) is 0 Å². The molecule has 0 fully saturated rings. The summed E-state index contributed by atoms with van der Waals surface area (Å²) in [5.41, 5.74) is 6.10. The summed E-state index contributed by atoms with van der Waals surface area (Å²) in [7, 11) is 0. The predicted molar refractivity (Wildman–Crippen MR) is 50.4 cm³/mol. The molecule has 0 saturated carbocycles. The molecule has 0 bridgehead atoms. The van der Waals surface area contributed by atoms with E-state index >= 15 is 0 Å². The molecule has 15 heavy (non-hydrogen) atoms. The van der Waals surface area contributed by atoms with Crippen molar-refractivity contribution in [3.05, 3.63) is 18.2 Å². The molecule has 0 spiro atoms. The van der Waals surface area contributed by atoms with Crippen molar-refractivity contribution in [2.24, 2.45) is 5.73 Å². The van der Waals surface area contributed by atoms with Crippen molar-refractivity contribution >= 4 is 0 Å². The Hall–Kier alpha value is -1.04. The van der Waals surface area contributed by atoms with Gasteiger partial charge in [0.2, 0.25) is 0 Å². The molecule has 1 aromatic heterocycles. The second-order valence-corrected chi connectivity index (χ2v) is 3.50. The molecule has 1 atom stereocenters. The van der Waals surface area contributed by atoms with Crippen molar-refractivity contribution < 1.29 is 13.2 Å². The van der Waals surface area contributed by atoms with Gasteiger partial charge >= 0.3 is 6.18 Å². The third kappa shape index (κ3) is 3.54. The zero-order chi connectivity index (χ0) is 11.5. The van der Waals surface area contributed by atoms with E-state index in [0.29, 0.717) is 13.0 Å². The lowest BCUT2D eigenvalue weighted by Gasteiger charge is -2.17. The van der Waals surface area contributed by atoms with E-state index in [2.05, 4.69) is 4.98 Å². The maximum absolute atomic E-state index is 12.2. The second kappa shape index (κ2) is 4.65. The molecule has 0 aromatic carbocycles. The van der Waals surface area contributed by atoms with Crippen molar-refractivity contribution in [3.8, 4) is 0 Å². The molecule has 6 heteroatoms. The van der Waals surface area contributed by atoms with Gasteiger partial charge in [-0.05, 0) is 13.5 Å². The quantitative estimate of drug-likeness (QED) is 0.843. The normalized spacial score (nSPS) is 14.2. The Morgan fingerprint density at radius 2 is 2.20 bits per heavy atom. The molecule has 0 aliphatic heterocycles. The van der Waals surface area contributed by atoms with Gasteiger partial charge in [-0.1, -0.05) is 0 Å². The fourth-order valence-electron chi connectivity index (χ4n) is 1.50. The molecule has 1 unspecified atom stereocenters. The first-order chi connectivity index (χ1) is 6.94. The van der Waals surface area contributed by atoms with Gasteiger partial charge < -0.3 is 10.3 Å². The first-order valence-corrected chi connectivity index (χ1v) is 4.71. The van der Waals surface area contributed by atoms with Crippen LogP contribution in [0.1, 0.15) is 25.1 Å². The Balaban J connectivity index is 2.72. The Labute approximate surface area is 86.1 Å². The number of imidazole rings is 1. The van der Waals surface area contributed by atoms with Crippen LogP contribution in [-0.4, -0.2) is 22.3 Å². The number of hydrogen-bond acceptors (Lipinski definition) is 2. The second-order valence-electron chi connectivity index (χ2n) is 3.50. The molecule has 0 aliphatic rings. The van der Waals surface area contributed by atoms with E-state index in [9.17, 15) is 13.2 Å². The van der Waals surface area contributed by atoms with Crippen LogP contribution in [0.4, 0.5) is 13.2 Å². The smallest absolute Gasteiger partial charge is 0.331 e. The monoisotopic (exact) mass is 221 g/mol. The summed E-state index contributed by atoms with van der Waals surface area (Å²) in [5.74, 6) is 0. The highest BCUT2D eigenvalue weighted by Gasteiger charge is 2.31. The number of nitrogens with two attached hydrogens (primary N) is 1. The summed E-state index contributed by atoms with van der Waals surface area (Å²) in [5, 5.41) is 0. The van der Waals surface area contributed by atoms with Crippen LogP contribution < -0.4 is 5.73 Å². The summed E-state index contributed by atoms with van der Waals surface area (Å²) in [6.07, 6.45) is -1.48. The van der Waals surface area contributed by atoms with Crippen LogP contribution in [0.2, 0.25) is 0 Å². The molecule has 1 rings (SSSR count). The molecular weight excluding hydrogens is 207 g/mol. The number of halogens is 3. The summed E-state index contributed by atoms with van der Waals surface area (Å²) in [6, 6.07) is -0.631. The van der Waals surface area contributed by atoms with Crippen LogP contribution in [0.15, 0.2) is 12.5 Å². The predicted octanol–water partition coefficient (Wildman–Crippen LogP) is 1.90. The highest BCUT2D eigenvalue weighted by atomic mass is 19.4. The van der Waals surface area contributed by atoms with Gasteiger partial charge in [-0.25, -0.2) is 4.98 Å². The SMILES string of the molecule is CC(CC(F)(F)F)n1cncc1CCN. The maximum Gasteiger partial charge on any atom is 0.391 e. The number of hydrogen-bond donors (Lipinski definition) is 1. The minimum absolute atomic E-state index is 0.407. The fraction of sp³-hybridized carbons (Fsp3) is 0.667. The minimum atomic E-state index is -4.15. The molecule has 0 aliphatic carbocycles. The van der Waals surface area contributed by atoms with Gasteiger partial charge in [0.15, 0.2) is 0 Å². The molecule has 0 amide bonds. The largest absolute Gasteiger partial charge is 0.391 e. The van der Waals surface area contributed by atoms with Crippen molar-refractivity contribution in [2.45, 2.75) is 32.0 Å². The van der Waals surface area contributed by atoms with E-state index in [1.807, 2.05) is 0 Å². The third-order valence-corrected chi connectivity index (χ3v) is 2.15. The molecule has 0 saturated heterocycles. The summed E-state index contributed by atoms with van der Waals surface area (Å²) < 4.78 is 38.0. The molecule has 2 N–H and O–H groups in total. The Bertz CT molecular complexity index is 306. The van der Waals surface area contributed by atoms with E-state index < -0.39 is 18.6 Å². The molecular formula is C9H14F3N3. The van der Waals surface area contributed by atoms with Gasteiger partial charge in [-0.15, -0.1) is 0 Å². The molecule has 1 aromatic rings. The van der Waals surface area contributed by atoms with E-state index in [0.717, 1.165) is 5.69 Å². The zero-order valence-electron chi connectivity index (χ0n) is 8.46. The van der Waals surface area contributed by atoms with Gasteiger partial charge in [-0.2, -0.15) is 13.2 Å². The van der Waals surface area contributed by atoms with E-state index in [-0.39, 0.29) is 0 Å². The van der Waals surface area contributed by atoms with Gasteiger partial charge in [-0.3, -0.25) is 0 Å². The number of alkyl halides is 3. The average Bonchev–Trinajstić information content (AvgIpc) is 2.49. The van der Waals surface area contributed by atoms with Crippen LogP contribution in [0, 0.1) is 0 Å². The summed E-state index contributed by atoms with van der Waals surface area (Å²) in [6.45, 7) is 1.93. The first-order valence-electron chi connectivity index (χ1n) is 4.71. The highest BCUT2D eigenvalue weighted by Crippen LogP contribution is 2.28. The molecule has 3 nitrogen and oxygen atoms in total. The van der Waals surface area contributed by atoms with E-state index in [4.69, 9.17) is 5.73 Å². The van der Waals surface area contributed by atoms with Crippen molar-refractivity contribution in [1.82, 2.24) is 9.55 Å². The fourth-order valence-corrected chi connectivity index (χ4v) is 1.50. The van der Waals surface area contributed by atoms with Crippen LogP contribution in [0.5, 0.6) is 0 Å². The van der Waals surface area contributed by atoms with Crippen molar-refractivity contribution in [3.63, 3.8) is 0 Å². The number of rotatable bonds is 4. The maximum atomic E-state index is 12.2. The standard InChI is InChI=1S/C9H14F3N3/c1-7(4-9(10,11)12)15-6-14-5-8(15)2-3-13/h5-7H,2-4,13H2,1H3. The zero-order valence-corrected chi connectivity index (χ0v) is 8.46. The molecule has 0 radical (unpaired) electrons. The van der Waals surface area contributed by atoms with E-state index in [1.54, 1.807) is 6.20 Å². The lowest BCUT2D eigenvalue weighted by atomic mass is 10.2. The highest BCUT2D eigenvalue weighted by molar-refractivity contribution is 5.00. The van der Waals surface area contributed by atoms with Gasteiger partial charge in [0, 0.05) is 24.4 Å². The third-order valence-electron chi connectivity index (χ3n) is 2.15. The first kappa shape index (κ1) is 12.0. The molecule has 1 heterocycles. The lowest BCUT2D eigenvalue weighted by molar-refractivity contribution is -0.141. The van der Waals surface area contributed by atoms with Gasteiger partial charge in [0.05, 0.1) is 12.7 Å². The van der Waals surface area contributed by atoms with Crippen LogP contribution in [-0.2, 0) is 6.42 Å². The lowest BCUT2D eigenvalue weighted by Crippen LogP contribution is -2.18. The van der Waals surface area contributed by atoms with Crippen LogP contribution in [0.25, 0.3) is 0 Å². The average molecular weight is 221 g/mol. The van der Waals surface area contributed by atoms with Gasteiger partial charge in [0.1, 0.15) is 0 Å². The minimum Gasteiger partial charge on any atom is -0.331 e. The van der Waals surface area contributed by atoms with Crippen molar-refractivity contribution in [2.75, 3.05) is 6.54 Å². The van der Waals surface area contributed by atoms with Crippen molar-refractivity contribution in [1.29, 1.82) is 0 Å². The topological polar surface area (TPSA) is 43.8 Å².